The van der Waals surface area contributed by atoms with Gasteiger partial charge in [0, 0.05) is 12.6 Å². The second kappa shape index (κ2) is 7.06. The Morgan fingerprint density at radius 3 is 2.47 bits per heavy atom. The lowest BCUT2D eigenvalue weighted by Gasteiger charge is -2.28. The van der Waals surface area contributed by atoms with Crippen molar-refractivity contribution in [3.05, 3.63) is 35.4 Å². The Morgan fingerprint density at radius 2 is 1.95 bits per heavy atom. The Morgan fingerprint density at radius 1 is 1.26 bits per heavy atom. The SMILES string of the molecule is CCC(N)C(OCCC1CCC1)c1ccc(C)cc1. The average Bonchev–Trinajstić information content (AvgIpc) is 2.37. The van der Waals surface area contributed by atoms with Crippen LogP contribution in [0.4, 0.5) is 0 Å². The van der Waals surface area contributed by atoms with Gasteiger partial charge in [-0.05, 0) is 31.2 Å². The number of aryl methyl sites for hydroxylation is 1. The summed E-state index contributed by atoms with van der Waals surface area (Å²) >= 11 is 0. The van der Waals surface area contributed by atoms with Crippen LogP contribution in [0.25, 0.3) is 0 Å². The number of benzene rings is 1. The smallest absolute Gasteiger partial charge is 0.0975 e. The zero-order valence-corrected chi connectivity index (χ0v) is 12.3. The monoisotopic (exact) mass is 261 g/mol. The van der Waals surface area contributed by atoms with Gasteiger partial charge in [0.2, 0.25) is 0 Å². The summed E-state index contributed by atoms with van der Waals surface area (Å²) in [6.45, 7) is 5.08. The maximum atomic E-state index is 6.23. The van der Waals surface area contributed by atoms with Crippen molar-refractivity contribution in [2.45, 2.75) is 58.1 Å². The van der Waals surface area contributed by atoms with Crippen LogP contribution in [0.15, 0.2) is 24.3 Å². The Balaban J connectivity index is 1.92. The van der Waals surface area contributed by atoms with Gasteiger partial charge in [-0.2, -0.15) is 0 Å². The number of rotatable bonds is 7. The number of hydrogen-bond acceptors (Lipinski definition) is 2. The summed E-state index contributed by atoms with van der Waals surface area (Å²) in [6, 6.07) is 8.67. The number of ether oxygens (including phenoxy) is 1. The molecule has 0 aliphatic heterocycles. The molecule has 1 aromatic rings. The molecule has 1 fully saturated rings. The van der Waals surface area contributed by atoms with Gasteiger partial charge in [-0.1, -0.05) is 56.0 Å². The van der Waals surface area contributed by atoms with Crippen LogP contribution in [-0.4, -0.2) is 12.6 Å². The van der Waals surface area contributed by atoms with Crippen molar-refractivity contribution in [2.24, 2.45) is 11.7 Å². The first-order valence-electron chi connectivity index (χ1n) is 7.64. The van der Waals surface area contributed by atoms with Crippen LogP contribution in [0.3, 0.4) is 0 Å². The molecule has 0 aromatic heterocycles. The molecule has 2 N–H and O–H groups in total. The lowest BCUT2D eigenvalue weighted by molar-refractivity contribution is 0.0203. The molecule has 0 amide bonds. The molecule has 1 aliphatic rings. The maximum Gasteiger partial charge on any atom is 0.0975 e. The van der Waals surface area contributed by atoms with E-state index >= 15 is 0 Å². The van der Waals surface area contributed by atoms with E-state index < -0.39 is 0 Å². The Bertz CT molecular complexity index is 369. The van der Waals surface area contributed by atoms with Gasteiger partial charge in [0.15, 0.2) is 0 Å². The minimum Gasteiger partial charge on any atom is -0.372 e. The summed E-state index contributed by atoms with van der Waals surface area (Å²) in [4.78, 5) is 0. The van der Waals surface area contributed by atoms with Crippen molar-refractivity contribution in [1.82, 2.24) is 0 Å². The molecule has 1 aliphatic carbocycles. The van der Waals surface area contributed by atoms with Gasteiger partial charge in [-0.15, -0.1) is 0 Å². The molecule has 106 valence electrons. The lowest BCUT2D eigenvalue weighted by atomic mass is 9.83. The lowest BCUT2D eigenvalue weighted by Crippen LogP contribution is -2.30. The quantitative estimate of drug-likeness (QED) is 0.805. The molecule has 2 atom stereocenters. The molecule has 1 saturated carbocycles. The molecular weight excluding hydrogens is 234 g/mol. The highest BCUT2D eigenvalue weighted by Crippen LogP contribution is 2.30. The molecule has 0 bridgehead atoms. The highest BCUT2D eigenvalue weighted by Gasteiger charge is 2.21. The van der Waals surface area contributed by atoms with Crippen LogP contribution in [0, 0.1) is 12.8 Å². The zero-order valence-electron chi connectivity index (χ0n) is 12.3. The van der Waals surface area contributed by atoms with E-state index in [1.165, 1.54) is 36.8 Å². The molecule has 2 nitrogen and oxygen atoms in total. The summed E-state index contributed by atoms with van der Waals surface area (Å²) in [6.07, 6.45) is 6.36. The molecule has 2 unspecified atom stereocenters. The molecule has 1 aromatic carbocycles. The van der Waals surface area contributed by atoms with E-state index in [1.54, 1.807) is 0 Å². The maximum absolute atomic E-state index is 6.23. The van der Waals surface area contributed by atoms with Crippen molar-refractivity contribution < 1.29 is 4.74 Å². The Labute approximate surface area is 117 Å². The van der Waals surface area contributed by atoms with Gasteiger partial charge < -0.3 is 10.5 Å². The van der Waals surface area contributed by atoms with E-state index in [0.29, 0.717) is 0 Å². The zero-order chi connectivity index (χ0) is 13.7. The van der Waals surface area contributed by atoms with Crippen LogP contribution in [0.5, 0.6) is 0 Å². The van der Waals surface area contributed by atoms with Crippen molar-refractivity contribution in [3.8, 4) is 0 Å². The largest absolute Gasteiger partial charge is 0.372 e. The fraction of sp³-hybridized carbons (Fsp3) is 0.647. The second-order valence-corrected chi connectivity index (χ2v) is 5.86. The van der Waals surface area contributed by atoms with Crippen LogP contribution in [0.2, 0.25) is 0 Å². The predicted molar refractivity (Wildman–Crippen MR) is 80.1 cm³/mol. The van der Waals surface area contributed by atoms with Crippen molar-refractivity contribution in [2.75, 3.05) is 6.61 Å². The van der Waals surface area contributed by atoms with Gasteiger partial charge in [-0.25, -0.2) is 0 Å². The summed E-state index contributed by atoms with van der Waals surface area (Å²) in [5.41, 5.74) is 8.72. The minimum absolute atomic E-state index is 0.0469. The third-order valence-corrected chi connectivity index (χ3v) is 4.31. The Hall–Kier alpha value is -0.860. The van der Waals surface area contributed by atoms with Crippen molar-refractivity contribution in [3.63, 3.8) is 0 Å². The first-order valence-corrected chi connectivity index (χ1v) is 7.64. The third kappa shape index (κ3) is 4.05. The van der Waals surface area contributed by atoms with Crippen LogP contribution in [0.1, 0.15) is 56.3 Å². The summed E-state index contributed by atoms with van der Waals surface area (Å²) < 4.78 is 6.10. The number of hydrogen-bond donors (Lipinski definition) is 1. The molecule has 19 heavy (non-hydrogen) atoms. The predicted octanol–water partition coefficient (Wildman–Crippen LogP) is 3.98. The molecule has 0 radical (unpaired) electrons. The van der Waals surface area contributed by atoms with Gasteiger partial charge >= 0.3 is 0 Å². The molecule has 0 spiro atoms. The van der Waals surface area contributed by atoms with Crippen LogP contribution < -0.4 is 5.73 Å². The molecule has 2 heteroatoms. The molecule has 0 heterocycles. The minimum atomic E-state index is 0.0469. The van der Waals surface area contributed by atoms with Gasteiger partial charge in [0.05, 0.1) is 6.10 Å². The topological polar surface area (TPSA) is 35.2 Å². The van der Waals surface area contributed by atoms with Gasteiger partial charge in [0.25, 0.3) is 0 Å². The van der Waals surface area contributed by atoms with Gasteiger partial charge in [-0.3, -0.25) is 0 Å². The summed E-state index contributed by atoms with van der Waals surface area (Å²) in [5.74, 6) is 0.900. The molecular formula is C17H27NO. The van der Waals surface area contributed by atoms with E-state index in [2.05, 4.69) is 38.1 Å². The van der Waals surface area contributed by atoms with E-state index in [9.17, 15) is 0 Å². The third-order valence-electron chi connectivity index (χ3n) is 4.31. The van der Waals surface area contributed by atoms with Crippen LogP contribution >= 0.6 is 0 Å². The molecule has 2 rings (SSSR count). The van der Waals surface area contributed by atoms with E-state index in [1.807, 2.05) is 0 Å². The fourth-order valence-electron chi connectivity index (χ4n) is 2.58. The van der Waals surface area contributed by atoms with Crippen molar-refractivity contribution in [1.29, 1.82) is 0 Å². The average molecular weight is 261 g/mol. The van der Waals surface area contributed by atoms with E-state index in [4.69, 9.17) is 10.5 Å². The van der Waals surface area contributed by atoms with Crippen LogP contribution in [-0.2, 0) is 4.74 Å². The van der Waals surface area contributed by atoms with E-state index in [-0.39, 0.29) is 12.1 Å². The first kappa shape index (κ1) is 14.5. The van der Waals surface area contributed by atoms with Gasteiger partial charge in [0.1, 0.15) is 0 Å². The Kier molecular flexibility index (Phi) is 5.41. The second-order valence-electron chi connectivity index (χ2n) is 5.86. The highest BCUT2D eigenvalue weighted by atomic mass is 16.5. The molecule has 0 saturated heterocycles. The normalized spacial score (nSPS) is 18.9. The van der Waals surface area contributed by atoms with E-state index in [0.717, 1.165) is 18.9 Å². The standard InChI is InChI=1S/C17H27NO/c1-3-16(18)17(15-9-7-13(2)8-10-15)19-12-11-14-5-4-6-14/h7-10,14,16-17H,3-6,11-12,18H2,1-2H3. The summed E-state index contributed by atoms with van der Waals surface area (Å²) in [5, 5.41) is 0. The summed E-state index contributed by atoms with van der Waals surface area (Å²) in [7, 11) is 0. The number of nitrogens with two attached hydrogens (primary N) is 1. The van der Waals surface area contributed by atoms with Crippen molar-refractivity contribution >= 4 is 0 Å². The highest BCUT2D eigenvalue weighted by molar-refractivity contribution is 5.24. The fourth-order valence-corrected chi connectivity index (χ4v) is 2.58. The first-order chi connectivity index (χ1) is 9.20.